The smallest absolute Gasteiger partial charge is 0.246 e. The molecule has 1 unspecified atom stereocenters. The van der Waals surface area contributed by atoms with Crippen LogP contribution in [0.5, 0.6) is 0 Å². The van der Waals surface area contributed by atoms with E-state index < -0.39 is 0 Å². The Morgan fingerprint density at radius 2 is 2.04 bits per heavy atom. The molecule has 1 atom stereocenters. The molecule has 5 nitrogen and oxygen atoms in total. The molecule has 0 saturated carbocycles. The van der Waals surface area contributed by atoms with Gasteiger partial charge in [0.2, 0.25) is 17.6 Å². The van der Waals surface area contributed by atoms with Crippen LogP contribution in [-0.2, 0) is 11.3 Å². The van der Waals surface area contributed by atoms with E-state index in [-0.39, 0.29) is 17.7 Å². The zero-order valence-electron chi connectivity index (χ0n) is 14.4. The van der Waals surface area contributed by atoms with Crippen molar-refractivity contribution < 1.29 is 9.32 Å². The number of carbonyl (C=O) groups is 1. The molecule has 1 N–H and O–H groups in total. The van der Waals surface area contributed by atoms with Gasteiger partial charge in [-0.25, -0.2) is 0 Å². The summed E-state index contributed by atoms with van der Waals surface area (Å²) in [5, 5.41) is 6.59. The Morgan fingerprint density at radius 1 is 1.27 bits per heavy atom. The number of hydrogen-bond acceptors (Lipinski definition) is 5. The molecule has 2 aromatic carbocycles. The van der Waals surface area contributed by atoms with E-state index in [2.05, 4.69) is 31.4 Å². The van der Waals surface area contributed by atoms with Crippen LogP contribution in [0.25, 0.3) is 11.4 Å². The summed E-state index contributed by atoms with van der Waals surface area (Å²) in [6, 6.07) is 15.8. The molecule has 0 aliphatic carbocycles. The molecule has 0 fully saturated rings. The van der Waals surface area contributed by atoms with Gasteiger partial charge in [-0.05, 0) is 38.1 Å². The first-order valence-corrected chi connectivity index (χ1v) is 9.78. The fraction of sp³-hybridized carbons (Fsp3) is 0.211. The quantitative estimate of drug-likeness (QED) is 0.577. The lowest BCUT2D eigenvalue weighted by Crippen LogP contribution is -2.30. The van der Waals surface area contributed by atoms with E-state index in [1.165, 1.54) is 17.3 Å². The van der Waals surface area contributed by atoms with Crippen LogP contribution in [0.2, 0.25) is 0 Å². The first kappa shape index (κ1) is 18.7. The third-order valence-corrected chi connectivity index (χ3v) is 5.27. The van der Waals surface area contributed by atoms with Crippen LogP contribution in [-0.4, -0.2) is 21.3 Å². The van der Waals surface area contributed by atoms with Gasteiger partial charge >= 0.3 is 0 Å². The Bertz CT molecular complexity index is 896. The monoisotopic (exact) mass is 431 g/mol. The van der Waals surface area contributed by atoms with Crippen LogP contribution in [0.1, 0.15) is 18.4 Å². The normalized spacial score (nSPS) is 12.0. The van der Waals surface area contributed by atoms with Crippen molar-refractivity contribution in [3.05, 3.63) is 64.5 Å². The van der Waals surface area contributed by atoms with Crippen molar-refractivity contribution in [1.29, 1.82) is 0 Å². The fourth-order valence-electron chi connectivity index (χ4n) is 2.25. The van der Waals surface area contributed by atoms with E-state index in [4.69, 9.17) is 4.52 Å². The van der Waals surface area contributed by atoms with Crippen molar-refractivity contribution in [1.82, 2.24) is 15.5 Å². The highest BCUT2D eigenvalue weighted by Crippen LogP contribution is 2.24. The highest BCUT2D eigenvalue weighted by atomic mass is 79.9. The molecular formula is C19H18BrN3O2S. The number of nitrogens with one attached hydrogen (secondary N) is 1. The minimum Gasteiger partial charge on any atom is -0.346 e. The first-order chi connectivity index (χ1) is 12.5. The molecule has 1 heterocycles. The number of carbonyl (C=O) groups excluding carboxylic acids is 1. The first-order valence-electron chi connectivity index (χ1n) is 8.11. The maximum atomic E-state index is 12.3. The van der Waals surface area contributed by atoms with Gasteiger partial charge in [-0.2, -0.15) is 4.98 Å². The summed E-state index contributed by atoms with van der Waals surface area (Å²) in [7, 11) is 0. The molecule has 0 saturated heterocycles. The number of hydrogen-bond donors (Lipinski definition) is 1. The number of rotatable bonds is 6. The third kappa shape index (κ3) is 4.95. The Kier molecular flexibility index (Phi) is 6.11. The number of nitrogens with zero attached hydrogens (tertiary/aromatic N) is 2. The number of benzene rings is 2. The van der Waals surface area contributed by atoms with Crippen LogP contribution in [0, 0.1) is 6.92 Å². The SMILES string of the molecule is Cc1ccc(SC(C)C(=O)NCc2nc(-c3cccc(Br)c3)no2)cc1. The lowest BCUT2D eigenvalue weighted by Gasteiger charge is -2.10. The molecule has 26 heavy (non-hydrogen) atoms. The van der Waals surface area contributed by atoms with Crippen molar-refractivity contribution in [2.45, 2.75) is 30.5 Å². The molecule has 1 amide bonds. The van der Waals surface area contributed by atoms with Gasteiger partial charge in [-0.3, -0.25) is 4.79 Å². The van der Waals surface area contributed by atoms with Gasteiger partial charge in [0, 0.05) is 14.9 Å². The van der Waals surface area contributed by atoms with Crippen molar-refractivity contribution in [3.8, 4) is 11.4 Å². The molecule has 3 aromatic rings. The molecular weight excluding hydrogens is 414 g/mol. The Labute approximate surface area is 164 Å². The molecule has 0 radical (unpaired) electrons. The van der Waals surface area contributed by atoms with Crippen LogP contribution in [0.15, 0.2) is 62.4 Å². The third-order valence-electron chi connectivity index (χ3n) is 3.67. The Morgan fingerprint density at radius 3 is 2.77 bits per heavy atom. The largest absolute Gasteiger partial charge is 0.346 e. The zero-order valence-corrected chi connectivity index (χ0v) is 16.8. The fourth-order valence-corrected chi connectivity index (χ4v) is 3.54. The van der Waals surface area contributed by atoms with Gasteiger partial charge < -0.3 is 9.84 Å². The summed E-state index contributed by atoms with van der Waals surface area (Å²) in [6.45, 7) is 4.12. The van der Waals surface area contributed by atoms with Gasteiger partial charge in [0.05, 0.1) is 11.8 Å². The summed E-state index contributed by atoms with van der Waals surface area (Å²) in [4.78, 5) is 17.7. The predicted octanol–water partition coefficient (Wildman–Crippen LogP) is 4.60. The summed E-state index contributed by atoms with van der Waals surface area (Å²) < 4.78 is 6.16. The Balaban J connectivity index is 1.55. The molecule has 3 rings (SSSR count). The van der Waals surface area contributed by atoms with Gasteiger partial charge in [-0.1, -0.05) is 50.9 Å². The summed E-state index contributed by atoms with van der Waals surface area (Å²) in [5.41, 5.74) is 2.05. The average Bonchev–Trinajstić information content (AvgIpc) is 3.10. The van der Waals surface area contributed by atoms with Crippen LogP contribution >= 0.6 is 27.7 Å². The second-order valence-electron chi connectivity index (χ2n) is 5.81. The van der Waals surface area contributed by atoms with Crippen molar-refractivity contribution in [2.24, 2.45) is 0 Å². The number of amides is 1. The van der Waals surface area contributed by atoms with Gasteiger partial charge in [0.15, 0.2) is 0 Å². The number of thioether (sulfide) groups is 1. The van der Waals surface area contributed by atoms with Gasteiger partial charge in [0.1, 0.15) is 0 Å². The van der Waals surface area contributed by atoms with Crippen LogP contribution in [0.4, 0.5) is 0 Å². The maximum Gasteiger partial charge on any atom is 0.246 e. The predicted molar refractivity (Wildman–Crippen MR) is 106 cm³/mol. The topological polar surface area (TPSA) is 68.0 Å². The lowest BCUT2D eigenvalue weighted by atomic mass is 10.2. The van der Waals surface area contributed by atoms with Gasteiger partial charge in [0.25, 0.3) is 0 Å². The number of aryl methyl sites for hydroxylation is 1. The van der Waals surface area contributed by atoms with E-state index in [1.54, 1.807) is 0 Å². The van der Waals surface area contributed by atoms with E-state index in [9.17, 15) is 4.79 Å². The number of aromatic nitrogens is 2. The summed E-state index contributed by atoms with van der Waals surface area (Å²) in [5.74, 6) is 0.802. The molecule has 1 aromatic heterocycles. The lowest BCUT2D eigenvalue weighted by molar-refractivity contribution is -0.120. The summed E-state index contributed by atoms with van der Waals surface area (Å²) >= 11 is 4.93. The summed E-state index contributed by atoms with van der Waals surface area (Å²) in [6.07, 6.45) is 0. The molecule has 0 aliphatic rings. The minimum absolute atomic E-state index is 0.0715. The highest BCUT2D eigenvalue weighted by Gasteiger charge is 2.16. The van der Waals surface area contributed by atoms with Crippen molar-refractivity contribution in [2.75, 3.05) is 0 Å². The molecule has 0 aliphatic heterocycles. The van der Waals surface area contributed by atoms with Crippen molar-refractivity contribution in [3.63, 3.8) is 0 Å². The van der Waals surface area contributed by atoms with Gasteiger partial charge in [-0.15, -0.1) is 11.8 Å². The molecule has 0 spiro atoms. The van der Waals surface area contributed by atoms with Crippen LogP contribution in [0.3, 0.4) is 0 Å². The second kappa shape index (κ2) is 8.51. The number of halogens is 1. The van der Waals surface area contributed by atoms with Crippen LogP contribution < -0.4 is 5.32 Å². The van der Waals surface area contributed by atoms with Crippen molar-refractivity contribution >= 4 is 33.6 Å². The highest BCUT2D eigenvalue weighted by molar-refractivity contribution is 9.10. The maximum absolute atomic E-state index is 12.3. The van der Waals surface area contributed by atoms with E-state index >= 15 is 0 Å². The Hall–Kier alpha value is -2.12. The minimum atomic E-state index is -0.217. The standard InChI is InChI=1S/C19H18BrN3O2S/c1-12-6-8-16(9-7-12)26-13(2)19(24)21-11-17-22-18(23-25-17)14-4-3-5-15(20)10-14/h3-10,13H,11H2,1-2H3,(H,21,24). The van der Waals surface area contributed by atoms with E-state index in [0.717, 1.165) is 14.9 Å². The zero-order chi connectivity index (χ0) is 18.5. The molecule has 7 heteroatoms. The van der Waals surface area contributed by atoms with E-state index in [1.807, 2.05) is 62.4 Å². The average molecular weight is 432 g/mol. The molecule has 0 bridgehead atoms. The second-order valence-corrected chi connectivity index (χ2v) is 8.14. The van der Waals surface area contributed by atoms with E-state index in [0.29, 0.717) is 11.7 Å². The molecule has 134 valence electrons.